The molecule has 0 bridgehead atoms. The summed E-state index contributed by atoms with van der Waals surface area (Å²) >= 11 is 0. The number of ether oxygens (including phenoxy) is 1. The average molecular weight is 296 g/mol. The van der Waals surface area contributed by atoms with E-state index in [0.29, 0.717) is 17.9 Å². The summed E-state index contributed by atoms with van der Waals surface area (Å²) in [6.07, 6.45) is 6.49. The summed E-state index contributed by atoms with van der Waals surface area (Å²) < 4.78 is 32.0. The first-order valence-electron chi connectivity index (χ1n) is 7.57. The maximum absolute atomic E-state index is 13.8. The van der Waals surface area contributed by atoms with E-state index >= 15 is 0 Å². The predicted octanol–water partition coefficient (Wildman–Crippen LogP) is 4.51. The van der Waals surface area contributed by atoms with Crippen molar-refractivity contribution in [2.75, 3.05) is 7.11 Å². The monoisotopic (exact) mass is 296 g/mol. The summed E-state index contributed by atoms with van der Waals surface area (Å²) in [4.78, 5) is 11.3. The quantitative estimate of drug-likeness (QED) is 0.764. The highest BCUT2D eigenvalue weighted by Gasteiger charge is 2.21. The van der Waals surface area contributed by atoms with Crippen molar-refractivity contribution >= 4 is 5.97 Å². The van der Waals surface area contributed by atoms with Gasteiger partial charge >= 0.3 is 5.97 Å². The molecule has 4 heteroatoms. The van der Waals surface area contributed by atoms with Gasteiger partial charge in [0, 0.05) is 0 Å². The molecule has 0 unspecified atom stereocenters. The van der Waals surface area contributed by atoms with Crippen molar-refractivity contribution < 1.29 is 18.3 Å². The minimum Gasteiger partial charge on any atom is -0.465 e. The van der Waals surface area contributed by atoms with Crippen LogP contribution in [0.15, 0.2) is 12.1 Å². The Morgan fingerprint density at radius 3 is 2.29 bits per heavy atom. The van der Waals surface area contributed by atoms with E-state index in [2.05, 4.69) is 11.7 Å². The Morgan fingerprint density at radius 2 is 1.76 bits per heavy atom. The summed E-state index contributed by atoms with van der Waals surface area (Å²) in [5.74, 6) is -1.20. The molecule has 1 aliphatic carbocycles. The van der Waals surface area contributed by atoms with Gasteiger partial charge in [0.15, 0.2) is 0 Å². The number of esters is 1. The minimum absolute atomic E-state index is 0.604. The minimum atomic E-state index is -0.974. The van der Waals surface area contributed by atoms with Gasteiger partial charge in [-0.25, -0.2) is 13.6 Å². The Morgan fingerprint density at radius 1 is 1.19 bits per heavy atom. The van der Waals surface area contributed by atoms with Crippen molar-refractivity contribution in [1.82, 2.24) is 0 Å². The normalized spacial score (nSPS) is 22.1. The van der Waals surface area contributed by atoms with Crippen molar-refractivity contribution in [2.24, 2.45) is 11.8 Å². The topological polar surface area (TPSA) is 26.3 Å². The molecular formula is C17H22F2O2. The van der Waals surface area contributed by atoms with Crippen molar-refractivity contribution in [3.63, 3.8) is 0 Å². The second-order valence-electron chi connectivity index (χ2n) is 6.09. The number of benzene rings is 1. The van der Waals surface area contributed by atoms with Gasteiger partial charge < -0.3 is 4.74 Å². The number of methoxy groups -OCH3 is 1. The first-order chi connectivity index (χ1) is 10.0. The summed E-state index contributed by atoms with van der Waals surface area (Å²) in [7, 11) is 1.11. The molecule has 1 saturated carbocycles. The Labute approximate surface area is 124 Å². The van der Waals surface area contributed by atoms with Crippen LogP contribution in [0.4, 0.5) is 8.78 Å². The molecule has 0 N–H and O–H groups in total. The number of aryl methyl sites for hydroxylation is 1. The van der Waals surface area contributed by atoms with Crippen LogP contribution in [-0.4, -0.2) is 13.1 Å². The van der Waals surface area contributed by atoms with E-state index in [9.17, 15) is 13.6 Å². The molecule has 116 valence electrons. The van der Waals surface area contributed by atoms with Crippen LogP contribution in [0.2, 0.25) is 0 Å². The molecule has 0 heterocycles. The summed E-state index contributed by atoms with van der Waals surface area (Å²) in [5.41, 5.74) is 0.00372. The lowest BCUT2D eigenvalue weighted by atomic mass is 9.80. The Kier molecular flexibility index (Phi) is 5.32. The largest absolute Gasteiger partial charge is 0.465 e. The number of carbonyl (C=O) groups is 1. The van der Waals surface area contributed by atoms with Crippen molar-refractivity contribution in [2.45, 2.75) is 45.4 Å². The predicted molar refractivity (Wildman–Crippen MR) is 77.1 cm³/mol. The Hall–Kier alpha value is -1.45. The van der Waals surface area contributed by atoms with Crippen LogP contribution in [0.25, 0.3) is 0 Å². The fourth-order valence-corrected chi connectivity index (χ4v) is 3.06. The van der Waals surface area contributed by atoms with Gasteiger partial charge in [0.2, 0.25) is 0 Å². The van der Waals surface area contributed by atoms with Crippen LogP contribution >= 0.6 is 0 Å². The molecule has 0 atom stereocenters. The molecular weight excluding hydrogens is 274 g/mol. The van der Waals surface area contributed by atoms with E-state index in [-0.39, 0.29) is 0 Å². The number of carbonyl (C=O) groups excluding carboxylic acids is 1. The zero-order valence-electron chi connectivity index (χ0n) is 12.6. The first kappa shape index (κ1) is 15.9. The number of hydrogen-bond acceptors (Lipinski definition) is 2. The molecule has 21 heavy (non-hydrogen) atoms. The van der Waals surface area contributed by atoms with Crippen LogP contribution < -0.4 is 0 Å². The third-order valence-corrected chi connectivity index (χ3v) is 4.47. The number of rotatable bonds is 4. The molecule has 2 nitrogen and oxygen atoms in total. The maximum Gasteiger partial charge on any atom is 0.343 e. The SMILES string of the molecule is COC(=O)c1c(F)cc(CCC2CCC(C)CC2)cc1F. The second-order valence-corrected chi connectivity index (χ2v) is 6.09. The molecule has 0 aliphatic heterocycles. The second kappa shape index (κ2) is 7.01. The fourth-order valence-electron chi connectivity index (χ4n) is 3.06. The molecule has 1 aromatic carbocycles. The smallest absolute Gasteiger partial charge is 0.343 e. The van der Waals surface area contributed by atoms with Gasteiger partial charge in [-0.15, -0.1) is 0 Å². The third kappa shape index (κ3) is 4.02. The summed E-state index contributed by atoms with van der Waals surface area (Å²) in [5, 5.41) is 0. The Balaban J connectivity index is 2.00. The Bertz CT molecular complexity index is 483. The summed E-state index contributed by atoms with van der Waals surface area (Å²) in [6.45, 7) is 2.27. The molecule has 1 fully saturated rings. The van der Waals surface area contributed by atoms with Gasteiger partial charge in [0.05, 0.1) is 7.11 Å². The van der Waals surface area contributed by atoms with Gasteiger partial charge in [0.1, 0.15) is 17.2 Å². The maximum atomic E-state index is 13.8. The zero-order valence-corrected chi connectivity index (χ0v) is 12.6. The molecule has 1 aromatic rings. The lowest BCUT2D eigenvalue weighted by Crippen LogP contribution is -2.13. The third-order valence-electron chi connectivity index (χ3n) is 4.47. The van der Waals surface area contributed by atoms with Gasteiger partial charge in [-0.3, -0.25) is 0 Å². The van der Waals surface area contributed by atoms with Gasteiger partial charge in [-0.2, -0.15) is 0 Å². The van der Waals surface area contributed by atoms with Gasteiger partial charge in [-0.05, 0) is 42.4 Å². The fraction of sp³-hybridized carbons (Fsp3) is 0.588. The van der Waals surface area contributed by atoms with Crippen LogP contribution in [-0.2, 0) is 11.2 Å². The van der Waals surface area contributed by atoms with Crippen LogP contribution in [0.5, 0.6) is 0 Å². The molecule has 0 aromatic heterocycles. The summed E-state index contributed by atoms with van der Waals surface area (Å²) in [6, 6.07) is 2.50. The number of halogens is 2. The molecule has 0 saturated heterocycles. The first-order valence-corrected chi connectivity index (χ1v) is 7.57. The van der Waals surface area contributed by atoms with Crippen molar-refractivity contribution in [3.05, 3.63) is 34.9 Å². The van der Waals surface area contributed by atoms with Crippen LogP contribution in [0.1, 0.15) is 54.9 Å². The van der Waals surface area contributed by atoms with E-state index in [4.69, 9.17) is 0 Å². The molecule has 2 rings (SSSR count). The lowest BCUT2D eigenvalue weighted by molar-refractivity contribution is 0.0590. The standard InChI is InChI=1S/C17H22F2O2/c1-11-3-5-12(6-4-11)7-8-13-9-14(18)16(15(19)10-13)17(20)21-2/h9-12H,3-8H2,1-2H3. The van der Waals surface area contributed by atoms with E-state index in [1.165, 1.54) is 37.8 Å². The van der Waals surface area contributed by atoms with Gasteiger partial charge in [-0.1, -0.05) is 32.6 Å². The lowest BCUT2D eigenvalue weighted by Gasteiger charge is -2.26. The molecule has 0 amide bonds. The van der Waals surface area contributed by atoms with E-state index in [1.807, 2.05) is 0 Å². The highest BCUT2D eigenvalue weighted by Crippen LogP contribution is 2.31. The van der Waals surface area contributed by atoms with Crippen molar-refractivity contribution in [1.29, 1.82) is 0 Å². The highest BCUT2D eigenvalue weighted by molar-refractivity contribution is 5.90. The molecule has 0 spiro atoms. The molecule has 0 radical (unpaired) electrons. The number of hydrogen-bond donors (Lipinski definition) is 0. The van der Waals surface area contributed by atoms with Crippen LogP contribution in [0, 0.1) is 23.5 Å². The van der Waals surface area contributed by atoms with E-state index in [0.717, 1.165) is 19.4 Å². The highest BCUT2D eigenvalue weighted by atomic mass is 19.1. The van der Waals surface area contributed by atoms with E-state index in [1.54, 1.807) is 0 Å². The average Bonchev–Trinajstić information content (AvgIpc) is 2.45. The molecule has 1 aliphatic rings. The van der Waals surface area contributed by atoms with Gasteiger partial charge in [0.25, 0.3) is 0 Å². The zero-order chi connectivity index (χ0) is 15.4. The van der Waals surface area contributed by atoms with Crippen molar-refractivity contribution in [3.8, 4) is 0 Å². The van der Waals surface area contributed by atoms with E-state index < -0.39 is 23.2 Å². The van der Waals surface area contributed by atoms with Crippen LogP contribution in [0.3, 0.4) is 0 Å².